The third-order valence-corrected chi connectivity index (χ3v) is 4.54. The average Bonchev–Trinajstić information content (AvgIpc) is 2.81. The molecule has 3 unspecified atom stereocenters. The number of hydrogen-bond acceptors (Lipinski definition) is 3. The van der Waals surface area contributed by atoms with Crippen molar-refractivity contribution in [3.8, 4) is 0 Å². The Labute approximate surface area is 143 Å². The van der Waals surface area contributed by atoms with Gasteiger partial charge in [-0.25, -0.2) is 4.39 Å². The number of nitrogens with zero attached hydrogens (tertiary/aromatic N) is 2. The monoisotopic (exact) mass is 333 g/mol. The molecule has 0 saturated heterocycles. The standard InChI is InChI=1S/C19H28FN3O/c1-6-23-15(5)19(14(4)22-23)13(3)21-12(2)11-18(24)16-7-9-17(20)10-8-16/h7-10,12-13,18,21,24H,6,11H2,1-5H3. The summed E-state index contributed by atoms with van der Waals surface area (Å²) in [6.07, 6.45) is -0.0449. The van der Waals surface area contributed by atoms with Gasteiger partial charge in [-0.3, -0.25) is 4.68 Å². The van der Waals surface area contributed by atoms with E-state index in [-0.39, 0.29) is 17.9 Å². The van der Waals surface area contributed by atoms with Crippen LogP contribution in [0.5, 0.6) is 0 Å². The van der Waals surface area contributed by atoms with Gasteiger partial charge in [0.15, 0.2) is 0 Å². The molecule has 1 aromatic carbocycles. The lowest BCUT2D eigenvalue weighted by atomic mass is 10.0. The van der Waals surface area contributed by atoms with Crippen LogP contribution in [0.2, 0.25) is 0 Å². The highest BCUT2D eigenvalue weighted by Gasteiger charge is 2.20. The van der Waals surface area contributed by atoms with E-state index in [0.29, 0.717) is 6.42 Å². The molecule has 3 atom stereocenters. The molecule has 1 heterocycles. The molecule has 0 spiro atoms. The number of rotatable bonds is 7. The maximum Gasteiger partial charge on any atom is 0.123 e. The number of nitrogens with one attached hydrogen (secondary N) is 1. The van der Waals surface area contributed by atoms with Gasteiger partial charge in [-0.05, 0) is 58.7 Å². The fourth-order valence-corrected chi connectivity index (χ4v) is 3.38. The van der Waals surface area contributed by atoms with Crippen LogP contribution in [-0.2, 0) is 6.54 Å². The van der Waals surface area contributed by atoms with E-state index in [9.17, 15) is 9.50 Å². The zero-order valence-corrected chi connectivity index (χ0v) is 15.2. The summed E-state index contributed by atoms with van der Waals surface area (Å²) < 4.78 is 15.0. The molecule has 0 aliphatic heterocycles. The summed E-state index contributed by atoms with van der Waals surface area (Å²) in [6, 6.07) is 6.30. The van der Waals surface area contributed by atoms with Gasteiger partial charge in [0.05, 0.1) is 11.8 Å². The molecule has 0 bridgehead atoms. The van der Waals surface area contributed by atoms with Crippen LogP contribution < -0.4 is 5.32 Å². The molecular formula is C19H28FN3O. The number of halogens is 1. The SMILES string of the molecule is CCn1nc(C)c(C(C)NC(C)CC(O)c2ccc(F)cc2)c1C. The number of aliphatic hydroxyl groups is 1. The zero-order chi connectivity index (χ0) is 17.9. The van der Waals surface area contributed by atoms with Crippen LogP contribution in [0.15, 0.2) is 24.3 Å². The molecule has 2 aromatic rings. The van der Waals surface area contributed by atoms with Gasteiger partial charge < -0.3 is 10.4 Å². The molecule has 0 aliphatic rings. The van der Waals surface area contributed by atoms with Crippen molar-refractivity contribution in [3.05, 3.63) is 52.6 Å². The maximum atomic E-state index is 13.0. The first-order chi connectivity index (χ1) is 11.3. The van der Waals surface area contributed by atoms with Gasteiger partial charge >= 0.3 is 0 Å². The van der Waals surface area contributed by atoms with Crippen LogP contribution in [0.4, 0.5) is 4.39 Å². The highest BCUT2D eigenvalue weighted by atomic mass is 19.1. The largest absolute Gasteiger partial charge is 0.388 e. The van der Waals surface area contributed by atoms with Gasteiger partial charge in [-0.15, -0.1) is 0 Å². The fourth-order valence-electron chi connectivity index (χ4n) is 3.38. The lowest BCUT2D eigenvalue weighted by Crippen LogP contribution is -2.31. The Bertz CT molecular complexity index is 666. The second-order valence-electron chi connectivity index (χ2n) is 6.49. The molecule has 2 N–H and O–H groups in total. The molecule has 0 aliphatic carbocycles. The summed E-state index contributed by atoms with van der Waals surface area (Å²) in [5.74, 6) is -0.287. The molecule has 132 valence electrons. The van der Waals surface area contributed by atoms with Gasteiger partial charge in [0, 0.05) is 29.9 Å². The van der Waals surface area contributed by atoms with Gasteiger partial charge in [0.2, 0.25) is 0 Å². The van der Waals surface area contributed by atoms with Gasteiger partial charge in [-0.1, -0.05) is 12.1 Å². The van der Waals surface area contributed by atoms with Gasteiger partial charge in [-0.2, -0.15) is 5.10 Å². The van der Waals surface area contributed by atoms with E-state index in [1.165, 1.54) is 23.4 Å². The quantitative estimate of drug-likeness (QED) is 0.810. The van der Waals surface area contributed by atoms with E-state index in [1.54, 1.807) is 12.1 Å². The molecule has 4 nitrogen and oxygen atoms in total. The summed E-state index contributed by atoms with van der Waals surface area (Å²) >= 11 is 0. The second kappa shape index (κ2) is 7.90. The van der Waals surface area contributed by atoms with Crippen molar-refractivity contribution in [2.24, 2.45) is 0 Å². The summed E-state index contributed by atoms with van der Waals surface area (Å²) in [5, 5.41) is 18.4. The van der Waals surface area contributed by atoms with Crippen molar-refractivity contribution in [3.63, 3.8) is 0 Å². The number of aliphatic hydroxyl groups excluding tert-OH is 1. The molecular weight excluding hydrogens is 305 g/mol. The second-order valence-corrected chi connectivity index (χ2v) is 6.49. The molecule has 24 heavy (non-hydrogen) atoms. The Morgan fingerprint density at radius 3 is 2.38 bits per heavy atom. The minimum atomic E-state index is -0.610. The molecule has 0 amide bonds. The normalized spacial score (nSPS) is 15.3. The summed E-state index contributed by atoms with van der Waals surface area (Å²) in [4.78, 5) is 0. The summed E-state index contributed by atoms with van der Waals surface area (Å²) in [5.41, 5.74) is 4.19. The highest BCUT2D eigenvalue weighted by molar-refractivity contribution is 5.28. The van der Waals surface area contributed by atoms with Crippen molar-refractivity contribution in [1.82, 2.24) is 15.1 Å². The lowest BCUT2D eigenvalue weighted by molar-refractivity contribution is 0.152. The number of aryl methyl sites for hydroxylation is 2. The third-order valence-electron chi connectivity index (χ3n) is 4.54. The van der Waals surface area contributed by atoms with Crippen LogP contribution in [-0.4, -0.2) is 20.9 Å². The van der Waals surface area contributed by atoms with Crippen LogP contribution in [0.3, 0.4) is 0 Å². The van der Waals surface area contributed by atoms with Crippen molar-refractivity contribution >= 4 is 0 Å². The fraction of sp³-hybridized carbons (Fsp3) is 0.526. The first-order valence-corrected chi connectivity index (χ1v) is 8.56. The molecule has 1 aromatic heterocycles. The number of hydrogen-bond donors (Lipinski definition) is 2. The Kier molecular flexibility index (Phi) is 6.13. The van der Waals surface area contributed by atoms with Crippen molar-refractivity contribution in [2.45, 2.75) is 65.8 Å². The average molecular weight is 333 g/mol. The number of benzene rings is 1. The summed E-state index contributed by atoms with van der Waals surface area (Å²) in [7, 11) is 0. The first kappa shape index (κ1) is 18.6. The first-order valence-electron chi connectivity index (χ1n) is 8.56. The lowest BCUT2D eigenvalue weighted by Gasteiger charge is -2.23. The molecule has 2 rings (SSSR count). The van der Waals surface area contributed by atoms with E-state index in [1.807, 2.05) is 11.6 Å². The molecule has 0 radical (unpaired) electrons. The summed E-state index contributed by atoms with van der Waals surface area (Å²) in [6.45, 7) is 11.2. The minimum absolute atomic E-state index is 0.115. The predicted molar refractivity (Wildman–Crippen MR) is 94.4 cm³/mol. The van der Waals surface area contributed by atoms with Gasteiger partial charge in [0.25, 0.3) is 0 Å². The van der Waals surface area contributed by atoms with Crippen LogP contribution in [0.25, 0.3) is 0 Å². The Balaban J connectivity index is 2.00. The van der Waals surface area contributed by atoms with Crippen molar-refractivity contribution in [2.75, 3.05) is 0 Å². The maximum absolute atomic E-state index is 13.0. The van der Waals surface area contributed by atoms with E-state index >= 15 is 0 Å². The van der Waals surface area contributed by atoms with Crippen molar-refractivity contribution in [1.29, 1.82) is 0 Å². The van der Waals surface area contributed by atoms with Crippen LogP contribution in [0, 0.1) is 19.7 Å². The van der Waals surface area contributed by atoms with E-state index in [2.05, 4.69) is 38.1 Å². The zero-order valence-electron chi connectivity index (χ0n) is 15.2. The molecule has 0 fully saturated rings. The van der Waals surface area contributed by atoms with E-state index in [0.717, 1.165) is 17.8 Å². The highest BCUT2D eigenvalue weighted by Crippen LogP contribution is 2.24. The third kappa shape index (κ3) is 4.22. The molecule has 0 saturated carbocycles. The molecule has 5 heteroatoms. The van der Waals surface area contributed by atoms with E-state index < -0.39 is 6.10 Å². The topological polar surface area (TPSA) is 50.1 Å². The Morgan fingerprint density at radius 2 is 1.83 bits per heavy atom. The Hall–Kier alpha value is -1.72. The van der Waals surface area contributed by atoms with Gasteiger partial charge in [0.1, 0.15) is 5.82 Å². The number of aromatic nitrogens is 2. The Morgan fingerprint density at radius 1 is 1.21 bits per heavy atom. The van der Waals surface area contributed by atoms with Crippen molar-refractivity contribution < 1.29 is 9.50 Å². The predicted octanol–water partition coefficient (Wildman–Crippen LogP) is 3.82. The van der Waals surface area contributed by atoms with Crippen LogP contribution >= 0.6 is 0 Å². The van der Waals surface area contributed by atoms with E-state index in [4.69, 9.17) is 0 Å². The van der Waals surface area contributed by atoms with Crippen LogP contribution in [0.1, 0.15) is 61.9 Å². The smallest absolute Gasteiger partial charge is 0.123 e. The minimum Gasteiger partial charge on any atom is -0.388 e.